The molecule has 32 heavy (non-hydrogen) atoms. The number of fused-ring (bicyclic) bond motifs is 7. The van der Waals surface area contributed by atoms with Gasteiger partial charge < -0.3 is 0 Å². The van der Waals surface area contributed by atoms with Gasteiger partial charge >= 0.3 is 0 Å². The van der Waals surface area contributed by atoms with Crippen molar-refractivity contribution in [3.63, 3.8) is 0 Å². The molecule has 5 rings (SSSR count). The minimum absolute atomic E-state index is 0.411. The molecule has 0 aromatic carbocycles. The molecule has 5 aliphatic carbocycles. The van der Waals surface area contributed by atoms with E-state index in [1.165, 1.54) is 57.8 Å². The topological polar surface area (TPSA) is 0 Å². The van der Waals surface area contributed by atoms with Crippen molar-refractivity contribution in [2.45, 2.75) is 127 Å². The highest BCUT2D eigenvalue weighted by atomic mass is 14.7. The van der Waals surface area contributed by atoms with Gasteiger partial charge in [-0.25, -0.2) is 0 Å². The molecule has 0 radical (unpaired) electrons. The van der Waals surface area contributed by atoms with Crippen LogP contribution >= 0.6 is 0 Å². The Labute approximate surface area is 200 Å². The van der Waals surface area contributed by atoms with Crippen LogP contribution in [0.15, 0.2) is 11.6 Å². The van der Waals surface area contributed by atoms with E-state index in [1.807, 2.05) is 5.57 Å². The van der Waals surface area contributed by atoms with Crippen molar-refractivity contribution >= 4 is 0 Å². The largest absolute Gasteiger partial charge is 0.0841 e. The highest BCUT2D eigenvalue weighted by molar-refractivity contribution is 5.33. The molecular weight excluding hydrogens is 384 g/mol. The summed E-state index contributed by atoms with van der Waals surface area (Å²) in [5.41, 5.74) is 4.84. The van der Waals surface area contributed by atoms with Crippen molar-refractivity contribution in [2.24, 2.45) is 62.1 Å². The smallest absolute Gasteiger partial charge is 0.00565 e. The molecule has 4 fully saturated rings. The number of hydrogen-bond acceptors (Lipinski definition) is 0. The number of rotatable bonds is 0. The average molecular weight is 439 g/mol. The van der Waals surface area contributed by atoms with E-state index in [1.54, 1.807) is 0 Å². The molecule has 0 bridgehead atoms. The molecule has 9 unspecified atom stereocenters. The van der Waals surface area contributed by atoms with Crippen LogP contribution in [0.5, 0.6) is 0 Å². The molecule has 0 heteroatoms. The third-order valence-corrected chi connectivity index (χ3v) is 14.1. The minimum atomic E-state index is 0.411. The summed E-state index contributed by atoms with van der Waals surface area (Å²) in [6.45, 7) is 26.4. The van der Waals surface area contributed by atoms with E-state index < -0.39 is 0 Å². The predicted octanol–water partition coefficient (Wildman–Crippen LogP) is 9.69. The van der Waals surface area contributed by atoms with Crippen molar-refractivity contribution in [1.29, 1.82) is 0 Å². The third kappa shape index (κ3) is 2.74. The molecule has 0 nitrogen and oxygen atoms in total. The molecule has 0 aromatic rings. The fraction of sp³-hybridized carbons (Fsp3) is 0.938. The Morgan fingerprint density at radius 1 is 0.688 bits per heavy atom. The van der Waals surface area contributed by atoms with Gasteiger partial charge in [0, 0.05) is 0 Å². The SMILES string of the molecule is CC1CCC2(C)C(CCC3(C)C2CC=C2C4CC(C)(C)CC(C)C4(C)CCC23C)C1(C)C. The molecule has 0 spiro atoms. The standard InChI is InChI=1S/C32H54/c1-21-13-15-30(8)25(28(21,5)6)14-16-32(10)26(30)12-11-23-24-20-27(3,4)19-22(2)29(24,7)17-18-31(23,32)9/h11,21-22,24-26H,12-20H2,1-10H3. The highest BCUT2D eigenvalue weighted by Crippen LogP contribution is 2.76. The summed E-state index contributed by atoms with van der Waals surface area (Å²) in [5.74, 6) is 4.30. The van der Waals surface area contributed by atoms with Crippen LogP contribution in [-0.2, 0) is 0 Å². The maximum Gasteiger partial charge on any atom is -0.00565 e. The van der Waals surface area contributed by atoms with Crippen LogP contribution in [0.1, 0.15) is 127 Å². The lowest BCUT2D eigenvalue weighted by Crippen LogP contribution is -2.64. The van der Waals surface area contributed by atoms with Crippen molar-refractivity contribution in [3.05, 3.63) is 11.6 Å². The quantitative estimate of drug-likeness (QED) is 0.330. The fourth-order valence-electron chi connectivity index (χ4n) is 11.4. The normalized spacial score (nSPS) is 56.2. The van der Waals surface area contributed by atoms with Gasteiger partial charge in [-0.2, -0.15) is 0 Å². The zero-order valence-corrected chi connectivity index (χ0v) is 23.3. The monoisotopic (exact) mass is 438 g/mol. The van der Waals surface area contributed by atoms with Crippen LogP contribution in [0.4, 0.5) is 0 Å². The first kappa shape index (κ1) is 23.5. The molecule has 9 atom stereocenters. The second-order valence-corrected chi connectivity index (χ2v) is 16.1. The summed E-state index contributed by atoms with van der Waals surface area (Å²) in [7, 11) is 0. The summed E-state index contributed by atoms with van der Waals surface area (Å²) in [5, 5.41) is 0. The van der Waals surface area contributed by atoms with E-state index in [-0.39, 0.29) is 0 Å². The van der Waals surface area contributed by atoms with Gasteiger partial charge in [0.05, 0.1) is 0 Å². The van der Waals surface area contributed by atoms with Crippen LogP contribution in [0, 0.1) is 62.1 Å². The maximum absolute atomic E-state index is 2.86. The molecular formula is C32H54. The van der Waals surface area contributed by atoms with E-state index in [2.05, 4.69) is 75.3 Å². The highest BCUT2D eigenvalue weighted by Gasteiger charge is 2.68. The Hall–Kier alpha value is -0.260. The van der Waals surface area contributed by atoms with E-state index in [9.17, 15) is 0 Å². The molecule has 0 aliphatic heterocycles. The lowest BCUT2D eigenvalue weighted by molar-refractivity contribution is -0.192. The summed E-state index contributed by atoms with van der Waals surface area (Å²) in [4.78, 5) is 0. The van der Waals surface area contributed by atoms with E-state index in [0.29, 0.717) is 32.5 Å². The molecule has 0 heterocycles. The number of hydrogen-bond donors (Lipinski definition) is 0. The predicted molar refractivity (Wildman–Crippen MR) is 138 cm³/mol. The Balaban J connectivity index is 1.58. The molecule has 5 aliphatic rings. The molecule has 0 N–H and O–H groups in total. The van der Waals surface area contributed by atoms with E-state index in [4.69, 9.17) is 0 Å². The van der Waals surface area contributed by atoms with Gasteiger partial charge in [-0.05, 0) is 120 Å². The average Bonchev–Trinajstić information content (AvgIpc) is 2.67. The van der Waals surface area contributed by atoms with Crippen LogP contribution in [0.3, 0.4) is 0 Å². The van der Waals surface area contributed by atoms with Crippen LogP contribution in [0.25, 0.3) is 0 Å². The Kier molecular flexibility index (Phi) is 4.91. The summed E-state index contributed by atoms with van der Waals surface area (Å²) >= 11 is 0. The van der Waals surface area contributed by atoms with Gasteiger partial charge in [0.2, 0.25) is 0 Å². The summed E-state index contributed by atoms with van der Waals surface area (Å²) < 4.78 is 0. The Bertz CT molecular complexity index is 814. The van der Waals surface area contributed by atoms with Gasteiger partial charge in [0.15, 0.2) is 0 Å². The third-order valence-electron chi connectivity index (χ3n) is 14.1. The second kappa shape index (κ2) is 6.69. The van der Waals surface area contributed by atoms with Gasteiger partial charge in [-0.3, -0.25) is 0 Å². The summed E-state index contributed by atoms with van der Waals surface area (Å²) in [6, 6.07) is 0. The Morgan fingerprint density at radius 2 is 1.38 bits per heavy atom. The second-order valence-electron chi connectivity index (χ2n) is 16.1. The first-order chi connectivity index (χ1) is 14.6. The minimum Gasteiger partial charge on any atom is -0.0841 e. The number of allylic oxidation sites excluding steroid dienone is 2. The van der Waals surface area contributed by atoms with Gasteiger partial charge in [-0.15, -0.1) is 0 Å². The van der Waals surface area contributed by atoms with Crippen molar-refractivity contribution < 1.29 is 0 Å². The van der Waals surface area contributed by atoms with E-state index >= 15 is 0 Å². The van der Waals surface area contributed by atoms with Crippen molar-refractivity contribution in [1.82, 2.24) is 0 Å². The molecule has 0 aromatic heterocycles. The zero-order valence-electron chi connectivity index (χ0n) is 23.3. The fourth-order valence-corrected chi connectivity index (χ4v) is 11.4. The van der Waals surface area contributed by atoms with E-state index in [0.717, 1.165) is 29.6 Å². The van der Waals surface area contributed by atoms with Gasteiger partial charge in [-0.1, -0.05) is 80.9 Å². The van der Waals surface area contributed by atoms with Crippen molar-refractivity contribution in [3.8, 4) is 0 Å². The summed E-state index contributed by atoms with van der Waals surface area (Å²) in [6.07, 6.45) is 15.8. The molecule has 0 saturated heterocycles. The molecule has 182 valence electrons. The lowest BCUT2D eigenvalue weighted by Gasteiger charge is -2.72. The van der Waals surface area contributed by atoms with Crippen molar-refractivity contribution in [2.75, 3.05) is 0 Å². The lowest BCUT2D eigenvalue weighted by atomic mass is 9.33. The molecule has 4 saturated carbocycles. The first-order valence-electron chi connectivity index (χ1n) is 14.3. The van der Waals surface area contributed by atoms with Crippen LogP contribution in [-0.4, -0.2) is 0 Å². The van der Waals surface area contributed by atoms with Crippen LogP contribution in [0.2, 0.25) is 0 Å². The molecule has 0 amide bonds. The maximum atomic E-state index is 2.86. The van der Waals surface area contributed by atoms with Crippen LogP contribution < -0.4 is 0 Å². The van der Waals surface area contributed by atoms with Gasteiger partial charge in [0.1, 0.15) is 0 Å². The zero-order chi connectivity index (χ0) is 23.5. The Morgan fingerprint density at radius 3 is 2.06 bits per heavy atom. The first-order valence-corrected chi connectivity index (χ1v) is 14.3. The van der Waals surface area contributed by atoms with Gasteiger partial charge in [0.25, 0.3) is 0 Å².